The fourth-order valence-corrected chi connectivity index (χ4v) is 3.57. The zero-order valence-corrected chi connectivity index (χ0v) is 17.5. The minimum atomic E-state index is -4.71. The van der Waals surface area contributed by atoms with Crippen LogP contribution in [-0.4, -0.2) is 6.36 Å². The Bertz CT molecular complexity index is 960. The Labute approximate surface area is 180 Å². The first kappa shape index (κ1) is 22.9. The average Bonchev–Trinajstić information content (AvgIpc) is 2.73. The Morgan fingerprint density at radius 1 is 0.710 bits per heavy atom. The van der Waals surface area contributed by atoms with Crippen LogP contribution in [0.15, 0.2) is 66.7 Å². The molecule has 0 aliphatic rings. The van der Waals surface area contributed by atoms with Gasteiger partial charge in [0.25, 0.3) is 0 Å². The maximum Gasteiger partial charge on any atom is 0.573 e. The van der Waals surface area contributed by atoms with Crippen LogP contribution in [0.5, 0.6) is 5.75 Å². The summed E-state index contributed by atoms with van der Waals surface area (Å²) in [6.07, 6.45) is 2.09. The Kier molecular flexibility index (Phi) is 7.72. The zero-order chi connectivity index (χ0) is 22.3. The van der Waals surface area contributed by atoms with Gasteiger partial charge in [0.05, 0.1) is 0 Å². The van der Waals surface area contributed by atoms with E-state index in [2.05, 4.69) is 11.7 Å². The molecule has 5 heteroatoms. The monoisotopic (exact) mass is 430 g/mol. The van der Waals surface area contributed by atoms with E-state index >= 15 is 0 Å². The van der Waals surface area contributed by atoms with E-state index in [4.69, 9.17) is 0 Å². The summed E-state index contributed by atoms with van der Waals surface area (Å²) >= 11 is 0. The number of alkyl halides is 3. The van der Waals surface area contributed by atoms with Crippen molar-refractivity contribution in [2.45, 2.75) is 51.8 Å². The van der Waals surface area contributed by atoms with Gasteiger partial charge >= 0.3 is 6.36 Å². The highest BCUT2D eigenvalue weighted by Crippen LogP contribution is 2.29. The second-order valence-corrected chi connectivity index (χ2v) is 7.63. The van der Waals surface area contributed by atoms with Crippen LogP contribution in [0.1, 0.15) is 44.6 Å². The van der Waals surface area contributed by atoms with Crippen LogP contribution in [0.2, 0.25) is 0 Å². The molecule has 0 saturated heterocycles. The standard InChI is InChI=1S/C26H26F4O/c1-2-3-4-5-6-7-19-8-17-24(25(27)18-19)22-11-9-20(10-12-22)21-13-15-23(16-14-21)31-26(28,29)30/h8-18H,2-7H2,1H3. The molecule has 0 atom stereocenters. The van der Waals surface area contributed by atoms with Crippen molar-refractivity contribution < 1.29 is 22.3 Å². The number of halogens is 4. The Balaban J connectivity index is 1.65. The van der Waals surface area contributed by atoms with E-state index in [0.717, 1.165) is 35.1 Å². The van der Waals surface area contributed by atoms with Gasteiger partial charge in [0.1, 0.15) is 11.6 Å². The van der Waals surface area contributed by atoms with E-state index in [-0.39, 0.29) is 11.6 Å². The second-order valence-electron chi connectivity index (χ2n) is 7.63. The van der Waals surface area contributed by atoms with Crippen molar-refractivity contribution in [2.24, 2.45) is 0 Å². The van der Waals surface area contributed by atoms with Crippen LogP contribution in [0.4, 0.5) is 17.6 Å². The third-order valence-electron chi connectivity index (χ3n) is 5.22. The maximum atomic E-state index is 14.7. The summed E-state index contributed by atoms with van der Waals surface area (Å²) in [5, 5.41) is 0. The lowest BCUT2D eigenvalue weighted by molar-refractivity contribution is -0.274. The summed E-state index contributed by atoms with van der Waals surface area (Å²) in [7, 11) is 0. The molecule has 1 nitrogen and oxygen atoms in total. The third-order valence-corrected chi connectivity index (χ3v) is 5.22. The van der Waals surface area contributed by atoms with Gasteiger partial charge in [-0.25, -0.2) is 4.39 Å². The molecule has 3 aromatic rings. The van der Waals surface area contributed by atoms with Crippen molar-refractivity contribution in [1.29, 1.82) is 0 Å². The predicted molar refractivity (Wildman–Crippen MR) is 116 cm³/mol. The van der Waals surface area contributed by atoms with Gasteiger partial charge in [0.15, 0.2) is 0 Å². The van der Waals surface area contributed by atoms with Gasteiger partial charge in [-0.15, -0.1) is 13.2 Å². The van der Waals surface area contributed by atoms with Gasteiger partial charge in [-0.05, 0) is 53.3 Å². The molecular formula is C26H26F4O. The molecule has 0 aliphatic carbocycles. The molecule has 0 amide bonds. The Morgan fingerprint density at radius 2 is 1.29 bits per heavy atom. The van der Waals surface area contributed by atoms with Crippen LogP contribution in [0.3, 0.4) is 0 Å². The molecule has 0 fully saturated rings. The quantitative estimate of drug-likeness (QED) is 0.244. The summed E-state index contributed by atoms with van der Waals surface area (Å²) in [6.45, 7) is 2.18. The number of ether oxygens (including phenoxy) is 1. The lowest BCUT2D eigenvalue weighted by Crippen LogP contribution is -2.16. The van der Waals surface area contributed by atoms with Crippen molar-refractivity contribution in [3.05, 3.63) is 78.1 Å². The highest BCUT2D eigenvalue weighted by molar-refractivity contribution is 5.71. The van der Waals surface area contributed by atoms with Gasteiger partial charge in [-0.2, -0.15) is 0 Å². The predicted octanol–water partition coefficient (Wildman–Crippen LogP) is 8.57. The van der Waals surface area contributed by atoms with Gasteiger partial charge in [0.2, 0.25) is 0 Å². The number of hydrogen-bond acceptors (Lipinski definition) is 1. The van der Waals surface area contributed by atoms with E-state index < -0.39 is 6.36 Å². The molecule has 0 unspecified atom stereocenters. The molecule has 0 aromatic heterocycles. The van der Waals surface area contributed by atoms with Crippen LogP contribution in [0.25, 0.3) is 22.3 Å². The molecule has 0 bridgehead atoms. The number of rotatable bonds is 9. The summed E-state index contributed by atoms with van der Waals surface area (Å²) in [5.41, 5.74) is 3.88. The van der Waals surface area contributed by atoms with Gasteiger partial charge < -0.3 is 4.74 Å². The smallest absolute Gasteiger partial charge is 0.406 e. The summed E-state index contributed by atoms with van der Waals surface area (Å²) in [6, 6.07) is 18.4. The summed E-state index contributed by atoms with van der Waals surface area (Å²) < 4.78 is 55.4. The first-order valence-corrected chi connectivity index (χ1v) is 10.6. The topological polar surface area (TPSA) is 9.23 Å². The average molecular weight is 430 g/mol. The molecule has 0 N–H and O–H groups in total. The number of hydrogen-bond donors (Lipinski definition) is 0. The number of unbranched alkanes of at least 4 members (excludes halogenated alkanes) is 4. The van der Waals surface area contributed by atoms with Crippen LogP contribution < -0.4 is 4.74 Å². The molecule has 0 spiro atoms. The van der Waals surface area contributed by atoms with Crippen LogP contribution in [-0.2, 0) is 6.42 Å². The van der Waals surface area contributed by atoms with Gasteiger partial charge in [-0.1, -0.05) is 81.1 Å². The van der Waals surface area contributed by atoms with E-state index in [1.54, 1.807) is 18.2 Å². The van der Waals surface area contributed by atoms with E-state index in [1.165, 1.54) is 37.8 Å². The lowest BCUT2D eigenvalue weighted by Gasteiger charge is -2.10. The third kappa shape index (κ3) is 6.84. The van der Waals surface area contributed by atoms with Crippen molar-refractivity contribution >= 4 is 0 Å². The number of aryl methyl sites for hydroxylation is 1. The van der Waals surface area contributed by atoms with Crippen molar-refractivity contribution in [1.82, 2.24) is 0 Å². The maximum absolute atomic E-state index is 14.7. The Morgan fingerprint density at radius 3 is 1.87 bits per heavy atom. The molecule has 164 valence electrons. The van der Waals surface area contributed by atoms with Crippen molar-refractivity contribution in [3.8, 4) is 28.0 Å². The highest BCUT2D eigenvalue weighted by atomic mass is 19.4. The first-order valence-electron chi connectivity index (χ1n) is 10.6. The SMILES string of the molecule is CCCCCCCc1ccc(-c2ccc(-c3ccc(OC(F)(F)F)cc3)cc2)c(F)c1. The highest BCUT2D eigenvalue weighted by Gasteiger charge is 2.30. The summed E-state index contributed by atoms with van der Waals surface area (Å²) in [5.74, 6) is -0.507. The first-order chi connectivity index (χ1) is 14.9. The molecule has 0 heterocycles. The lowest BCUT2D eigenvalue weighted by atomic mass is 9.98. The van der Waals surface area contributed by atoms with Gasteiger partial charge in [-0.3, -0.25) is 0 Å². The normalized spacial score (nSPS) is 11.5. The molecule has 31 heavy (non-hydrogen) atoms. The van der Waals surface area contributed by atoms with Crippen molar-refractivity contribution in [2.75, 3.05) is 0 Å². The minimum absolute atomic E-state index is 0.243. The van der Waals surface area contributed by atoms with Crippen LogP contribution >= 0.6 is 0 Å². The zero-order valence-electron chi connectivity index (χ0n) is 17.5. The molecule has 0 saturated carbocycles. The molecule has 3 aromatic carbocycles. The minimum Gasteiger partial charge on any atom is -0.406 e. The largest absolute Gasteiger partial charge is 0.573 e. The van der Waals surface area contributed by atoms with Crippen LogP contribution in [0, 0.1) is 5.82 Å². The molecule has 0 radical (unpaired) electrons. The van der Waals surface area contributed by atoms with E-state index in [0.29, 0.717) is 5.56 Å². The molecule has 0 aliphatic heterocycles. The van der Waals surface area contributed by atoms with E-state index in [1.807, 2.05) is 36.4 Å². The summed E-state index contributed by atoms with van der Waals surface area (Å²) in [4.78, 5) is 0. The molecular weight excluding hydrogens is 404 g/mol. The molecule has 3 rings (SSSR count). The van der Waals surface area contributed by atoms with Gasteiger partial charge in [0, 0.05) is 5.56 Å². The fraction of sp³-hybridized carbons (Fsp3) is 0.308. The second kappa shape index (κ2) is 10.5. The number of benzene rings is 3. The van der Waals surface area contributed by atoms with E-state index in [9.17, 15) is 17.6 Å². The fourth-order valence-electron chi connectivity index (χ4n) is 3.57. The Hall–Kier alpha value is -2.82. The van der Waals surface area contributed by atoms with Crippen molar-refractivity contribution in [3.63, 3.8) is 0 Å².